The molecule has 0 spiro atoms. The van der Waals surface area contributed by atoms with E-state index in [0.29, 0.717) is 30.8 Å². The number of hydrogen-bond donors (Lipinski definition) is 3. The average molecular weight is 297 g/mol. The standard InChI is InChI=1S/C11H13ClN6O2/c12-9-8-10(15-5-14-8)18-11(17-9)16-7(19)3-6-4-20-2-1-13-6/h5-6,13H,1-4H2,(H2,14,15,16,17,18,19). The van der Waals surface area contributed by atoms with E-state index < -0.39 is 0 Å². The summed E-state index contributed by atoms with van der Waals surface area (Å²) in [5.74, 6) is -0.0460. The quantitative estimate of drug-likeness (QED) is 0.705. The molecule has 1 aliphatic rings. The Labute approximate surface area is 119 Å². The second-order valence-corrected chi connectivity index (χ2v) is 4.78. The Kier molecular flexibility index (Phi) is 3.77. The topological polar surface area (TPSA) is 105 Å². The Balaban J connectivity index is 1.67. The fraction of sp³-hybridized carbons (Fsp3) is 0.455. The summed E-state index contributed by atoms with van der Waals surface area (Å²) in [6.45, 7) is 1.94. The number of H-pyrrole nitrogens is 1. The van der Waals surface area contributed by atoms with Crippen LogP contribution in [0.2, 0.25) is 5.15 Å². The first-order chi connectivity index (χ1) is 9.72. The predicted octanol–water partition coefficient (Wildman–Crippen LogP) is 0.323. The molecule has 9 heteroatoms. The zero-order valence-corrected chi connectivity index (χ0v) is 11.3. The van der Waals surface area contributed by atoms with Gasteiger partial charge in [-0.1, -0.05) is 11.6 Å². The van der Waals surface area contributed by atoms with E-state index in [9.17, 15) is 4.79 Å². The normalized spacial score (nSPS) is 19.1. The van der Waals surface area contributed by atoms with Crippen molar-refractivity contribution in [1.29, 1.82) is 0 Å². The van der Waals surface area contributed by atoms with Crippen LogP contribution in [0.3, 0.4) is 0 Å². The molecule has 8 nitrogen and oxygen atoms in total. The van der Waals surface area contributed by atoms with Gasteiger partial charge >= 0.3 is 0 Å². The van der Waals surface area contributed by atoms with Crippen LogP contribution in [0.15, 0.2) is 6.33 Å². The molecule has 1 unspecified atom stereocenters. The lowest BCUT2D eigenvalue weighted by molar-refractivity contribution is -0.117. The summed E-state index contributed by atoms with van der Waals surface area (Å²) >= 11 is 5.97. The van der Waals surface area contributed by atoms with Gasteiger partial charge in [0.15, 0.2) is 10.8 Å². The number of rotatable bonds is 3. The molecule has 2 aromatic rings. The molecule has 20 heavy (non-hydrogen) atoms. The molecule has 106 valence electrons. The molecule has 1 amide bonds. The Hall–Kier alpha value is -1.77. The summed E-state index contributed by atoms with van der Waals surface area (Å²) in [6.07, 6.45) is 1.76. The Bertz CT molecular complexity index is 624. The first kappa shape index (κ1) is 13.2. The van der Waals surface area contributed by atoms with Gasteiger partial charge < -0.3 is 15.0 Å². The zero-order chi connectivity index (χ0) is 13.9. The van der Waals surface area contributed by atoms with E-state index in [1.807, 2.05) is 0 Å². The number of imidazole rings is 1. The molecular weight excluding hydrogens is 284 g/mol. The summed E-state index contributed by atoms with van der Waals surface area (Å²) in [7, 11) is 0. The number of carbonyl (C=O) groups excluding carboxylic acids is 1. The molecule has 1 aliphatic heterocycles. The molecule has 0 saturated carbocycles. The van der Waals surface area contributed by atoms with E-state index in [1.165, 1.54) is 6.33 Å². The number of nitrogens with zero attached hydrogens (tertiary/aromatic N) is 3. The van der Waals surface area contributed by atoms with Crippen LogP contribution in [0, 0.1) is 0 Å². The van der Waals surface area contributed by atoms with Gasteiger partial charge in [0, 0.05) is 19.0 Å². The van der Waals surface area contributed by atoms with Gasteiger partial charge in [0.2, 0.25) is 11.9 Å². The first-order valence-corrected chi connectivity index (χ1v) is 6.58. The molecule has 1 saturated heterocycles. The van der Waals surface area contributed by atoms with Crippen LogP contribution >= 0.6 is 11.6 Å². The van der Waals surface area contributed by atoms with Crippen molar-refractivity contribution in [3.8, 4) is 0 Å². The van der Waals surface area contributed by atoms with Crippen molar-refractivity contribution >= 4 is 34.6 Å². The Morgan fingerprint density at radius 2 is 2.45 bits per heavy atom. The highest BCUT2D eigenvalue weighted by atomic mass is 35.5. The van der Waals surface area contributed by atoms with E-state index in [0.717, 1.165) is 6.54 Å². The average Bonchev–Trinajstić information content (AvgIpc) is 2.88. The largest absolute Gasteiger partial charge is 0.378 e. The number of carbonyl (C=O) groups is 1. The molecule has 1 fully saturated rings. The summed E-state index contributed by atoms with van der Waals surface area (Å²) in [4.78, 5) is 26.8. The van der Waals surface area contributed by atoms with Gasteiger partial charge in [0.1, 0.15) is 5.52 Å². The number of anilines is 1. The molecule has 0 aliphatic carbocycles. The molecule has 0 bridgehead atoms. The smallest absolute Gasteiger partial charge is 0.233 e. The van der Waals surface area contributed by atoms with Crippen LogP contribution < -0.4 is 10.6 Å². The van der Waals surface area contributed by atoms with Gasteiger partial charge in [-0.25, -0.2) is 4.98 Å². The zero-order valence-electron chi connectivity index (χ0n) is 10.5. The minimum absolute atomic E-state index is 0.00772. The number of aromatic amines is 1. The molecule has 3 heterocycles. The Morgan fingerprint density at radius 1 is 1.55 bits per heavy atom. The molecule has 3 N–H and O–H groups in total. The second-order valence-electron chi connectivity index (χ2n) is 4.42. The minimum atomic E-state index is -0.195. The highest BCUT2D eigenvalue weighted by Gasteiger charge is 2.18. The van der Waals surface area contributed by atoms with Crippen LogP contribution in [0.4, 0.5) is 5.95 Å². The van der Waals surface area contributed by atoms with Crippen molar-refractivity contribution < 1.29 is 9.53 Å². The van der Waals surface area contributed by atoms with E-state index >= 15 is 0 Å². The lowest BCUT2D eigenvalue weighted by Gasteiger charge is -2.22. The van der Waals surface area contributed by atoms with Crippen LogP contribution in [0.5, 0.6) is 0 Å². The molecule has 2 aromatic heterocycles. The van der Waals surface area contributed by atoms with Crippen LogP contribution in [-0.4, -0.2) is 51.6 Å². The number of hydrogen-bond acceptors (Lipinski definition) is 6. The highest BCUT2D eigenvalue weighted by molar-refractivity contribution is 6.33. The lowest BCUT2D eigenvalue weighted by atomic mass is 10.2. The minimum Gasteiger partial charge on any atom is -0.378 e. The van der Waals surface area contributed by atoms with E-state index in [-0.39, 0.29) is 23.1 Å². The Morgan fingerprint density at radius 3 is 3.25 bits per heavy atom. The second kappa shape index (κ2) is 5.70. The molecular formula is C11H13ClN6O2. The van der Waals surface area contributed by atoms with Gasteiger partial charge in [0.05, 0.1) is 19.5 Å². The maximum atomic E-state index is 11.9. The predicted molar refractivity (Wildman–Crippen MR) is 72.6 cm³/mol. The lowest BCUT2D eigenvalue weighted by Crippen LogP contribution is -2.43. The van der Waals surface area contributed by atoms with Crippen molar-refractivity contribution in [2.45, 2.75) is 12.5 Å². The van der Waals surface area contributed by atoms with Crippen molar-refractivity contribution in [3.05, 3.63) is 11.5 Å². The monoisotopic (exact) mass is 296 g/mol. The van der Waals surface area contributed by atoms with Crippen molar-refractivity contribution in [3.63, 3.8) is 0 Å². The van der Waals surface area contributed by atoms with Crippen LogP contribution in [0.25, 0.3) is 11.2 Å². The number of aromatic nitrogens is 4. The molecule has 0 aromatic carbocycles. The number of morpholine rings is 1. The van der Waals surface area contributed by atoms with Gasteiger partial charge in [-0.15, -0.1) is 0 Å². The summed E-state index contributed by atoms with van der Waals surface area (Å²) in [6, 6.07) is 0.00772. The van der Waals surface area contributed by atoms with Crippen molar-refractivity contribution in [2.75, 3.05) is 25.1 Å². The van der Waals surface area contributed by atoms with Gasteiger partial charge in [-0.05, 0) is 0 Å². The fourth-order valence-electron chi connectivity index (χ4n) is 2.00. The number of ether oxygens (including phenoxy) is 1. The summed E-state index contributed by atoms with van der Waals surface area (Å²) in [5, 5.41) is 6.04. The third-order valence-electron chi connectivity index (χ3n) is 2.92. The molecule has 0 radical (unpaired) electrons. The third kappa shape index (κ3) is 2.87. The first-order valence-electron chi connectivity index (χ1n) is 6.20. The van der Waals surface area contributed by atoms with Gasteiger partial charge in [-0.3, -0.25) is 10.1 Å². The maximum absolute atomic E-state index is 11.9. The summed E-state index contributed by atoms with van der Waals surface area (Å²) in [5.41, 5.74) is 0.964. The summed E-state index contributed by atoms with van der Waals surface area (Å²) < 4.78 is 5.29. The van der Waals surface area contributed by atoms with Gasteiger partial charge in [0.25, 0.3) is 0 Å². The molecule has 1 atom stereocenters. The third-order valence-corrected chi connectivity index (χ3v) is 3.20. The number of amides is 1. The number of halogens is 1. The SMILES string of the molecule is O=C(CC1COCCN1)Nc1nc(Cl)c2[nH]cnc2n1. The number of fused-ring (bicyclic) bond motifs is 1. The maximum Gasteiger partial charge on any atom is 0.233 e. The molecule has 3 rings (SSSR count). The van der Waals surface area contributed by atoms with E-state index in [2.05, 4.69) is 30.6 Å². The number of nitrogens with one attached hydrogen (secondary N) is 3. The highest BCUT2D eigenvalue weighted by Crippen LogP contribution is 2.18. The van der Waals surface area contributed by atoms with Crippen LogP contribution in [-0.2, 0) is 9.53 Å². The van der Waals surface area contributed by atoms with Crippen molar-refractivity contribution in [1.82, 2.24) is 25.3 Å². The van der Waals surface area contributed by atoms with E-state index in [4.69, 9.17) is 16.3 Å². The fourth-order valence-corrected chi connectivity index (χ4v) is 2.22. The van der Waals surface area contributed by atoms with Gasteiger partial charge in [-0.2, -0.15) is 9.97 Å². The van der Waals surface area contributed by atoms with Crippen molar-refractivity contribution in [2.24, 2.45) is 0 Å². The van der Waals surface area contributed by atoms with Crippen LogP contribution in [0.1, 0.15) is 6.42 Å². The van der Waals surface area contributed by atoms with E-state index in [1.54, 1.807) is 0 Å².